The molecule has 0 spiro atoms. The molecule has 2 aliphatic rings. The van der Waals surface area contributed by atoms with Gasteiger partial charge in [0.25, 0.3) is 0 Å². The number of ketones is 1. The van der Waals surface area contributed by atoms with Gasteiger partial charge in [0, 0.05) is 13.5 Å². The summed E-state index contributed by atoms with van der Waals surface area (Å²) in [5, 5.41) is 0. The number of hydrogen-bond donors (Lipinski definition) is 0. The van der Waals surface area contributed by atoms with Gasteiger partial charge in [0.1, 0.15) is 19.0 Å². The van der Waals surface area contributed by atoms with Gasteiger partial charge in [-0.05, 0) is 6.42 Å². The molecule has 0 aromatic heterocycles. The molecule has 1 saturated carbocycles. The summed E-state index contributed by atoms with van der Waals surface area (Å²) in [6.07, 6.45) is 1.26. The van der Waals surface area contributed by atoms with E-state index in [1.807, 2.05) is 0 Å². The zero-order valence-electron chi connectivity index (χ0n) is 6.99. The van der Waals surface area contributed by atoms with Gasteiger partial charge in [-0.25, -0.2) is 0 Å². The highest BCUT2D eigenvalue weighted by molar-refractivity contribution is 5.87. The number of Topliss-reactive ketones (excluding diaryl/α,β-unsaturated/α-hetero) is 1. The zero-order chi connectivity index (χ0) is 8.55. The molecule has 4 nitrogen and oxygen atoms in total. The fourth-order valence-corrected chi connectivity index (χ4v) is 1.59. The van der Waals surface area contributed by atoms with Crippen molar-refractivity contribution in [3.63, 3.8) is 0 Å². The Labute approximate surface area is 70.8 Å². The number of fused-ring (bicyclic) bond motifs is 1. The van der Waals surface area contributed by atoms with E-state index in [2.05, 4.69) is 0 Å². The largest absolute Gasteiger partial charge is 0.359 e. The molecule has 1 aliphatic heterocycles. The molecule has 2 fully saturated rings. The second-order valence-corrected chi connectivity index (χ2v) is 3.14. The van der Waals surface area contributed by atoms with Crippen molar-refractivity contribution in [3.05, 3.63) is 0 Å². The Kier molecular flexibility index (Phi) is 2.12. The number of ether oxygens (including phenoxy) is 3. The van der Waals surface area contributed by atoms with Crippen LogP contribution in [0.4, 0.5) is 0 Å². The van der Waals surface area contributed by atoms with Gasteiger partial charge in [-0.3, -0.25) is 4.79 Å². The molecule has 0 radical (unpaired) electrons. The fourth-order valence-electron chi connectivity index (χ4n) is 1.59. The molecule has 0 bridgehead atoms. The molecule has 12 heavy (non-hydrogen) atoms. The molecule has 1 saturated heterocycles. The Bertz CT molecular complexity index is 191. The molecule has 0 aromatic carbocycles. The van der Waals surface area contributed by atoms with Crippen LogP contribution in [0.3, 0.4) is 0 Å². The van der Waals surface area contributed by atoms with E-state index in [1.165, 1.54) is 0 Å². The molecule has 3 atom stereocenters. The molecular weight excluding hydrogens is 160 g/mol. The third-order valence-electron chi connectivity index (χ3n) is 2.28. The van der Waals surface area contributed by atoms with Gasteiger partial charge in [-0.2, -0.15) is 0 Å². The monoisotopic (exact) mass is 172 g/mol. The predicted octanol–water partition coefficient (Wildman–Crippen LogP) is 0.106. The molecule has 4 heteroatoms. The maximum Gasteiger partial charge on any atom is 0.164 e. The topological polar surface area (TPSA) is 48.1 Å². The summed E-state index contributed by atoms with van der Waals surface area (Å²) in [6, 6.07) is 0. The van der Waals surface area contributed by atoms with Gasteiger partial charge in [-0.1, -0.05) is 0 Å². The molecule has 1 aliphatic carbocycles. The summed E-state index contributed by atoms with van der Waals surface area (Å²) in [5.41, 5.74) is 0. The van der Waals surface area contributed by atoms with Gasteiger partial charge in [0.15, 0.2) is 5.78 Å². The van der Waals surface area contributed by atoms with E-state index in [0.29, 0.717) is 6.42 Å². The normalized spacial score (nSPS) is 39.4. The molecule has 3 unspecified atom stereocenters. The molecule has 2 rings (SSSR count). The van der Waals surface area contributed by atoms with E-state index in [1.54, 1.807) is 7.11 Å². The summed E-state index contributed by atoms with van der Waals surface area (Å²) in [5.74, 6) is 0.220. The standard InChI is InChI=1S/C8H12O4/c1-10-4-11-6-3-2-5(9)7-8(6)12-7/h6-8H,2-4H2,1H3. The average Bonchev–Trinajstić information content (AvgIpc) is 2.83. The first-order valence-electron chi connectivity index (χ1n) is 4.11. The van der Waals surface area contributed by atoms with Crippen molar-refractivity contribution in [2.45, 2.75) is 31.2 Å². The van der Waals surface area contributed by atoms with Crippen LogP contribution in [-0.2, 0) is 19.0 Å². The van der Waals surface area contributed by atoms with E-state index >= 15 is 0 Å². The summed E-state index contributed by atoms with van der Waals surface area (Å²) < 4.78 is 15.3. The first-order valence-corrected chi connectivity index (χ1v) is 4.11. The Morgan fingerprint density at radius 1 is 1.67 bits per heavy atom. The fraction of sp³-hybridized carbons (Fsp3) is 0.875. The third-order valence-corrected chi connectivity index (χ3v) is 2.28. The summed E-state index contributed by atoms with van der Waals surface area (Å²) in [4.78, 5) is 11.0. The molecule has 0 amide bonds. The Morgan fingerprint density at radius 3 is 3.25 bits per heavy atom. The van der Waals surface area contributed by atoms with Crippen molar-refractivity contribution >= 4 is 5.78 Å². The Morgan fingerprint density at radius 2 is 2.50 bits per heavy atom. The first kappa shape index (κ1) is 8.16. The van der Waals surface area contributed by atoms with Crippen LogP contribution >= 0.6 is 0 Å². The first-order chi connectivity index (χ1) is 5.83. The second kappa shape index (κ2) is 3.12. The lowest BCUT2D eigenvalue weighted by Gasteiger charge is -2.17. The molecule has 0 N–H and O–H groups in total. The molecule has 1 heterocycles. The number of rotatable bonds is 3. The lowest BCUT2D eigenvalue weighted by molar-refractivity contribution is -0.124. The van der Waals surface area contributed by atoms with Gasteiger partial charge in [0.2, 0.25) is 0 Å². The highest BCUT2D eigenvalue weighted by Gasteiger charge is 2.53. The van der Waals surface area contributed by atoms with Crippen LogP contribution in [-0.4, -0.2) is 38.0 Å². The maximum absolute atomic E-state index is 11.0. The second-order valence-electron chi connectivity index (χ2n) is 3.14. The zero-order valence-corrected chi connectivity index (χ0v) is 6.99. The van der Waals surface area contributed by atoms with Crippen molar-refractivity contribution in [2.75, 3.05) is 13.9 Å². The highest BCUT2D eigenvalue weighted by atomic mass is 16.7. The molecule has 0 aromatic rings. The summed E-state index contributed by atoms with van der Waals surface area (Å²) in [7, 11) is 1.58. The number of carbonyl (C=O) groups excluding carboxylic acids is 1. The van der Waals surface area contributed by atoms with E-state index in [0.717, 1.165) is 6.42 Å². The van der Waals surface area contributed by atoms with E-state index < -0.39 is 0 Å². The van der Waals surface area contributed by atoms with Crippen LogP contribution in [0, 0.1) is 0 Å². The Hall–Kier alpha value is -0.450. The number of hydrogen-bond acceptors (Lipinski definition) is 4. The average molecular weight is 172 g/mol. The lowest BCUT2D eigenvalue weighted by atomic mass is 9.97. The highest BCUT2D eigenvalue weighted by Crippen LogP contribution is 2.35. The smallest absolute Gasteiger partial charge is 0.164 e. The van der Waals surface area contributed by atoms with Crippen molar-refractivity contribution in [3.8, 4) is 0 Å². The van der Waals surface area contributed by atoms with Gasteiger partial charge in [0.05, 0.1) is 6.10 Å². The maximum atomic E-state index is 11.0. The molecular formula is C8H12O4. The van der Waals surface area contributed by atoms with Gasteiger partial charge >= 0.3 is 0 Å². The van der Waals surface area contributed by atoms with Crippen molar-refractivity contribution in [1.29, 1.82) is 0 Å². The molecule has 68 valence electrons. The van der Waals surface area contributed by atoms with Gasteiger partial charge in [-0.15, -0.1) is 0 Å². The van der Waals surface area contributed by atoms with Crippen LogP contribution < -0.4 is 0 Å². The minimum Gasteiger partial charge on any atom is -0.359 e. The quantitative estimate of drug-likeness (QED) is 0.447. The minimum absolute atomic E-state index is 0.0152. The van der Waals surface area contributed by atoms with Crippen LogP contribution in [0.1, 0.15) is 12.8 Å². The van der Waals surface area contributed by atoms with Gasteiger partial charge < -0.3 is 14.2 Å². The van der Waals surface area contributed by atoms with Crippen LogP contribution in [0.15, 0.2) is 0 Å². The summed E-state index contributed by atoms with van der Waals surface area (Å²) >= 11 is 0. The predicted molar refractivity (Wildman–Crippen MR) is 39.7 cm³/mol. The van der Waals surface area contributed by atoms with E-state index in [4.69, 9.17) is 14.2 Å². The van der Waals surface area contributed by atoms with E-state index in [9.17, 15) is 4.79 Å². The van der Waals surface area contributed by atoms with Crippen LogP contribution in [0.5, 0.6) is 0 Å². The van der Waals surface area contributed by atoms with Crippen LogP contribution in [0.2, 0.25) is 0 Å². The van der Waals surface area contributed by atoms with Crippen molar-refractivity contribution < 1.29 is 19.0 Å². The third kappa shape index (κ3) is 1.37. The number of epoxide rings is 1. The SMILES string of the molecule is COCOC1CCC(=O)C2OC12. The Balaban J connectivity index is 1.82. The van der Waals surface area contributed by atoms with Crippen LogP contribution in [0.25, 0.3) is 0 Å². The lowest BCUT2D eigenvalue weighted by Crippen LogP contribution is -2.30. The summed E-state index contributed by atoms with van der Waals surface area (Å²) in [6.45, 7) is 0.283. The van der Waals surface area contributed by atoms with Crippen molar-refractivity contribution in [2.24, 2.45) is 0 Å². The van der Waals surface area contributed by atoms with E-state index in [-0.39, 0.29) is 30.9 Å². The number of carbonyl (C=O) groups is 1. The number of methoxy groups -OCH3 is 1. The van der Waals surface area contributed by atoms with Crippen molar-refractivity contribution in [1.82, 2.24) is 0 Å². The minimum atomic E-state index is -0.166.